The van der Waals surface area contributed by atoms with Gasteiger partial charge in [-0.3, -0.25) is 0 Å². The van der Waals surface area contributed by atoms with E-state index >= 15 is 0 Å². The van der Waals surface area contributed by atoms with E-state index in [0.29, 0.717) is 0 Å². The van der Waals surface area contributed by atoms with E-state index in [4.69, 9.17) is 0 Å². The van der Waals surface area contributed by atoms with Gasteiger partial charge in [0.2, 0.25) is 0 Å². The summed E-state index contributed by atoms with van der Waals surface area (Å²) in [6.45, 7) is 5.40. The molecule has 0 saturated carbocycles. The number of hydrogen-bond acceptors (Lipinski definition) is 0. The van der Waals surface area contributed by atoms with E-state index in [9.17, 15) is 0 Å². The van der Waals surface area contributed by atoms with Crippen molar-refractivity contribution < 1.29 is 4.57 Å². The topological polar surface area (TPSA) is 8.81 Å². The molecule has 1 aromatic heterocycles. The molecule has 1 heterocycles. The van der Waals surface area contributed by atoms with Gasteiger partial charge in [0.15, 0.2) is 11.0 Å². The smallest absolute Gasteiger partial charge is 0.230 e. The standard InChI is InChI=1S/C19H19N2/c1-4-21-13(2)20(3)19-17-10-9-14-7-5-6-8-15(14)16(17)11-12-18(19)21/h5-12H,4H2,1-3H3/q+1. The van der Waals surface area contributed by atoms with Crippen molar-refractivity contribution in [2.24, 2.45) is 7.05 Å². The monoisotopic (exact) mass is 275 g/mol. The fourth-order valence-corrected chi connectivity index (χ4v) is 3.55. The van der Waals surface area contributed by atoms with Crippen molar-refractivity contribution >= 4 is 32.6 Å². The molecule has 0 unspecified atom stereocenters. The van der Waals surface area contributed by atoms with Crippen molar-refractivity contribution in [1.82, 2.24) is 4.57 Å². The average molecular weight is 275 g/mol. The first-order valence-corrected chi connectivity index (χ1v) is 7.51. The number of rotatable bonds is 1. The summed E-state index contributed by atoms with van der Waals surface area (Å²) in [5.74, 6) is 1.30. The van der Waals surface area contributed by atoms with Gasteiger partial charge in [-0.1, -0.05) is 30.3 Å². The highest BCUT2D eigenvalue weighted by molar-refractivity contribution is 6.14. The molecule has 2 nitrogen and oxygen atoms in total. The Morgan fingerprint density at radius 2 is 1.67 bits per heavy atom. The zero-order chi connectivity index (χ0) is 14.6. The first-order chi connectivity index (χ1) is 10.2. The summed E-state index contributed by atoms with van der Waals surface area (Å²) in [5, 5.41) is 5.31. The third-order valence-electron chi connectivity index (χ3n) is 4.69. The summed E-state index contributed by atoms with van der Waals surface area (Å²) in [5.41, 5.74) is 2.65. The van der Waals surface area contributed by atoms with Crippen LogP contribution in [0, 0.1) is 6.92 Å². The highest BCUT2D eigenvalue weighted by Crippen LogP contribution is 2.30. The van der Waals surface area contributed by atoms with Crippen molar-refractivity contribution in [3.05, 3.63) is 54.4 Å². The number of imidazole rings is 1. The van der Waals surface area contributed by atoms with Crippen molar-refractivity contribution in [3.63, 3.8) is 0 Å². The second-order valence-electron chi connectivity index (χ2n) is 5.67. The molecule has 0 fully saturated rings. The van der Waals surface area contributed by atoms with E-state index in [2.05, 4.69) is 78.6 Å². The lowest BCUT2D eigenvalue weighted by Gasteiger charge is -2.04. The van der Waals surface area contributed by atoms with Gasteiger partial charge in [0.05, 0.1) is 13.6 Å². The van der Waals surface area contributed by atoms with Crippen LogP contribution < -0.4 is 4.57 Å². The van der Waals surface area contributed by atoms with Gasteiger partial charge in [-0.15, -0.1) is 0 Å². The highest BCUT2D eigenvalue weighted by Gasteiger charge is 2.20. The Morgan fingerprint density at radius 1 is 0.905 bits per heavy atom. The lowest BCUT2D eigenvalue weighted by molar-refractivity contribution is -0.651. The highest BCUT2D eigenvalue weighted by atomic mass is 15.1. The fourth-order valence-electron chi connectivity index (χ4n) is 3.55. The number of nitrogens with zero attached hydrogens (tertiary/aromatic N) is 2. The van der Waals surface area contributed by atoms with Gasteiger partial charge >= 0.3 is 0 Å². The molecule has 2 heteroatoms. The lowest BCUT2D eigenvalue weighted by Crippen LogP contribution is -2.31. The van der Waals surface area contributed by atoms with E-state index in [-0.39, 0.29) is 0 Å². The molecule has 0 saturated heterocycles. The van der Waals surface area contributed by atoms with E-state index < -0.39 is 0 Å². The largest absolute Gasteiger partial charge is 0.254 e. The maximum atomic E-state index is 2.38. The Hall–Kier alpha value is -2.35. The van der Waals surface area contributed by atoms with Crippen LogP contribution in [0.3, 0.4) is 0 Å². The number of fused-ring (bicyclic) bond motifs is 5. The van der Waals surface area contributed by atoms with Crippen molar-refractivity contribution in [2.75, 3.05) is 0 Å². The maximum absolute atomic E-state index is 2.38. The molecule has 0 bridgehead atoms. The van der Waals surface area contributed by atoms with Crippen molar-refractivity contribution in [1.29, 1.82) is 0 Å². The van der Waals surface area contributed by atoms with Crippen LogP contribution >= 0.6 is 0 Å². The van der Waals surface area contributed by atoms with E-state index in [1.807, 2.05) is 0 Å². The summed E-state index contributed by atoms with van der Waals surface area (Å²) in [6.07, 6.45) is 0. The molecule has 0 aliphatic carbocycles. The normalized spacial score (nSPS) is 11.8. The van der Waals surface area contributed by atoms with E-state index in [1.165, 1.54) is 38.4 Å². The minimum Gasteiger partial charge on any atom is -0.230 e. The van der Waals surface area contributed by atoms with Crippen LogP contribution in [0.15, 0.2) is 48.5 Å². The van der Waals surface area contributed by atoms with Gasteiger partial charge in [-0.05, 0) is 41.3 Å². The van der Waals surface area contributed by atoms with Crippen molar-refractivity contribution in [3.8, 4) is 0 Å². The van der Waals surface area contributed by atoms with Crippen LogP contribution in [0.2, 0.25) is 0 Å². The summed E-state index contributed by atoms with van der Waals surface area (Å²) in [4.78, 5) is 0. The molecule has 0 amide bonds. The first kappa shape index (κ1) is 12.4. The van der Waals surface area contributed by atoms with Crippen LogP contribution in [0.5, 0.6) is 0 Å². The van der Waals surface area contributed by atoms with Crippen LogP contribution in [-0.4, -0.2) is 4.57 Å². The van der Waals surface area contributed by atoms with Gasteiger partial charge in [0.1, 0.15) is 0 Å². The SMILES string of the molecule is CCn1c(C)[n+](C)c2c3ccc4ccccc4c3ccc21. The van der Waals surface area contributed by atoms with Crippen LogP contribution in [0.25, 0.3) is 32.6 Å². The zero-order valence-electron chi connectivity index (χ0n) is 12.7. The predicted molar refractivity (Wildman–Crippen MR) is 88.5 cm³/mol. The molecule has 4 aromatic rings. The Labute approximate surface area is 124 Å². The van der Waals surface area contributed by atoms with Crippen molar-refractivity contribution in [2.45, 2.75) is 20.4 Å². The summed E-state index contributed by atoms with van der Waals surface area (Å²) in [6, 6.07) is 17.6. The van der Waals surface area contributed by atoms with Gasteiger partial charge in [-0.25, -0.2) is 9.13 Å². The molecule has 0 aliphatic rings. The second-order valence-corrected chi connectivity index (χ2v) is 5.67. The van der Waals surface area contributed by atoms with Gasteiger partial charge in [0.25, 0.3) is 5.82 Å². The Morgan fingerprint density at radius 3 is 2.48 bits per heavy atom. The molecule has 0 spiro atoms. The minimum absolute atomic E-state index is 1.00. The molecule has 0 atom stereocenters. The molecule has 0 radical (unpaired) electrons. The van der Waals surface area contributed by atoms with Crippen LogP contribution in [-0.2, 0) is 13.6 Å². The first-order valence-electron chi connectivity index (χ1n) is 7.51. The molecule has 104 valence electrons. The average Bonchev–Trinajstić information content (AvgIpc) is 2.78. The summed E-state index contributed by atoms with van der Waals surface area (Å²) < 4.78 is 4.69. The lowest BCUT2D eigenvalue weighted by atomic mass is 10.0. The Balaban J connectivity index is 2.27. The summed E-state index contributed by atoms with van der Waals surface area (Å²) in [7, 11) is 2.17. The molecule has 3 aromatic carbocycles. The predicted octanol–water partition coefficient (Wildman–Crippen LogP) is 4.10. The van der Waals surface area contributed by atoms with E-state index in [1.54, 1.807) is 0 Å². The Bertz CT molecular complexity index is 993. The molecular weight excluding hydrogens is 256 g/mol. The van der Waals surface area contributed by atoms with Gasteiger partial charge < -0.3 is 0 Å². The van der Waals surface area contributed by atoms with Gasteiger partial charge in [-0.2, -0.15) is 0 Å². The number of benzene rings is 3. The quantitative estimate of drug-likeness (QED) is 0.365. The fraction of sp³-hybridized carbons (Fsp3) is 0.211. The Kier molecular flexibility index (Phi) is 2.55. The number of aryl methyl sites for hydroxylation is 2. The third-order valence-corrected chi connectivity index (χ3v) is 4.69. The van der Waals surface area contributed by atoms with Gasteiger partial charge in [0, 0.05) is 12.3 Å². The summed E-state index contributed by atoms with van der Waals surface area (Å²) >= 11 is 0. The van der Waals surface area contributed by atoms with Crippen LogP contribution in [0.4, 0.5) is 0 Å². The number of hydrogen-bond donors (Lipinski definition) is 0. The maximum Gasteiger partial charge on any atom is 0.254 e. The third kappa shape index (κ3) is 1.56. The molecule has 21 heavy (non-hydrogen) atoms. The molecular formula is C19H19N2+. The molecule has 0 aliphatic heterocycles. The van der Waals surface area contributed by atoms with Crippen LogP contribution in [0.1, 0.15) is 12.7 Å². The minimum atomic E-state index is 1.00. The van der Waals surface area contributed by atoms with E-state index in [0.717, 1.165) is 6.54 Å². The molecule has 0 N–H and O–H groups in total. The zero-order valence-corrected chi connectivity index (χ0v) is 12.7. The number of aromatic nitrogens is 2. The second kappa shape index (κ2) is 4.32. The molecule has 4 rings (SSSR count).